The summed E-state index contributed by atoms with van der Waals surface area (Å²) in [6, 6.07) is 8.07. The molecule has 1 saturated carbocycles. The van der Waals surface area contributed by atoms with E-state index in [1.807, 2.05) is 11.9 Å². The Hall–Kier alpha value is -2.47. The number of alkyl halides is 5. The maximum Gasteiger partial charge on any atom is 0.459 e. The van der Waals surface area contributed by atoms with Gasteiger partial charge in [-0.05, 0) is 69.1 Å². The van der Waals surface area contributed by atoms with Crippen LogP contribution in [0.3, 0.4) is 0 Å². The number of carbonyl (C=O) groups is 1. The third kappa shape index (κ3) is 3.84. The highest BCUT2D eigenvalue weighted by molar-refractivity contribution is 7.92. The molecule has 12 heteroatoms. The molecule has 1 amide bonds. The summed E-state index contributed by atoms with van der Waals surface area (Å²) in [5.41, 5.74) is -1.08. The van der Waals surface area contributed by atoms with Gasteiger partial charge in [0.05, 0.1) is 21.4 Å². The number of halogens is 5. The number of piperidine rings is 1. The molecule has 6 nitrogen and oxygen atoms in total. The Bertz CT molecular complexity index is 1280. The number of benzene rings is 1. The monoisotopic (exact) mass is 531 g/mol. The molecule has 36 heavy (non-hydrogen) atoms. The van der Waals surface area contributed by atoms with Crippen LogP contribution in [0.15, 0.2) is 41.3 Å². The molecule has 1 spiro atoms. The summed E-state index contributed by atoms with van der Waals surface area (Å²) in [5, 5.41) is -0.347. The number of hydrogen-bond acceptors (Lipinski definition) is 4. The molecule has 1 saturated heterocycles. The normalized spacial score (nSPS) is 21.0. The summed E-state index contributed by atoms with van der Waals surface area (Å²) in [4.78, 5) is 16.9. The molecule has 3 aliphatic rings. The minimum atomic E-state index is -5.69. The van der Waals surface area contributed by atoms with Crippen molar-refractivity contribution in [3.8, 4) is 0 Å². The highest BCUT2D eigenvalue weighted by Gasteiger charge is 2.61. The molecule has 3 heterocycles. The number of nitrogens with zero attached hydrogens (tertiary/aromatic N) is 3. The number of sulfone groups is 1. The van der Waals surface area contributed by atoms with Crippen LogP contribution in [0.4, 0.5) is 22.0 Å². The molecule has 196 valence electrons. The summed E-state index contributed by atoms with van der Waals surface area (Å²) in [7, 11) is -1.55. The summed E-state index contributed by atoms with van der Waals surface area (Å²) in [5.74, 6) is -5.24. The number of likely N-dealkylation sites (N-methyl/N-ethyl adjacent to an activating group) is 1. The van der Waals surface area contributed by atoms with Gasteiger partial charge in [-0.1, -0.05) is 0 Å². The van der Waals surface area contributed by atoms with Gasteiger partial charge in [0.2, 0.25) is 0 Å². The topological polar surface area (TPSA) is 62.6 Å². The van der Waals surface area contributed by atoms with Crippen LogP contribution in [-0.4, -0.2) is 66.8 Å². The van der Waals surface area contributed by atoms with Gasteiger partial charge in [0, 0.05) is 37.4 Å². The third-order valence-corrected chi connectivity index (χ3v) is 10.1. The van der Waals surface area contributed by atoms with Crippen LogP contribution in [0, 0.1) is 0 Å². The average Bonchev–Trinajstić information content (AvgIpc) is 3.60. The van der Waals surface area contributed by atoms with Crippen molar-refractivity contribution in [1.82, 2.24) is 14.4 Å². The number of rotatable bonds is 4. The Labute approximate surface area is 205 Å². The molecule has 0 unspecified atom stereocenters. The van der Waals surface area contributed by atoms with Crippen LogP contribution in [0.2, 0.25) is 0 Å². The van der Waals surface area contributed by atoms with Gasteiger partial charge >= 0.3 is 12.1 Å². The number of fused-ring (bicyclic) bond motifs is 2. The van der Waals surface area contributed by atoms with Gasteiger partial charge in [-0.2, -0.15) is 22.0 Å². The highest BCUT2D eigenvalue weighted by Crippen LogP contribution is 2.48. The predicted molar refractivity (Wildman–Crippen MR) is 120 cm³/mol. The van der Waals surface area contributed by atoms with Gasteiger partial charge in [0.15, 0.2) is 9.84 Å². The zero-order valence-corrected chi connectivity index (χ0v) is 20.4. The molecule has 2 fully saturated rings. The molecule has 0 radical (unpaired) electrons. The maximum absolute atomic E-state index is 14.2. The van der Waals surface area contributed by atoms with Crippen LogP contribution >= 0.6 is 0 Å². The average molecular weight is 532 g/mol. The van der Waals surface area contributed by atoms with Crippen molar-refractivity contribution in [2.45, 2.75) is 60.0 Å². The smallest absolute Gasteiger partial charge is 0.340 e. The van der Waals surface area contributed by atoms with Crippen molar-refractivity contribution in [3.63, 3.8) is 0 Å². The molecular formula is C24H26F5N3O3S. The van der Waals surface area contributed by atoms with Gasteiger partial charge in [0.25, 0.3) is 5.91 Å². The molecule has 1 aromatic carbocycles. The number of carbonyl (C=O) groups excluding carboxylic acids is 1. The van der Waals surface area contributed by atoms with E-state index in [-0.39, 0.29) is 35.7 Å². The SMILES string of the molecule is CN1CCn2c(ccc2C(F)(F)C(F)(F)F)C12CCN(C(=O)c1ccc(S(=O)(=O)C3CC3)cc1)CC2. The van der Waals surface area contributed by atoms with Crippen LogP contribution in [0.5, 0.6) is 0 Å². The van der Waals surface area contributed by atoms with Gasteiger partial charge in [-0.3, -0.25) is 9.69 Å². The van der Waals surface area contributed by atoms with E-state index >= 15 is 0 Å². The molecule has 0 N–H and O–H groups in total. The van der Waals surface area contributed by atoms with E-state index < -0.39 is 33.2 Å². The minimum Gasteiger partial charge on any atom is -0.340 e. The minimum absolute atomic E-state index is 0.0142. The largest absolute Gasteiger partial charge is 0.459 e. The van der Waals surface area contributed by atoms with E-state index in [0.717, 1.165) is 10.6 Å². The number of hydrogen-bond donors (Lipinski definition) is 0. The lowest BCUT2D eigenvalue weighted by atomic mass is 9.81. The van der Waals surface area contributed by atoms with Crippen LogP contribution in [0.1, 0.15) is 47.4 Å². The zero-order chi connectivity index (χ0) is 26.1. The first-order valence-corrected chi connectivity index (χ1v) is 13.3. The van der Waals surface area contributed by atoms with Crippen LogP contribution < -0.4 is 0 Å². The highest BCUT2D eigenvalue weighted by atomic mass is 32.2. The Kier molecular flexibility index (Phi) is 5.79. The van der Waals surface area contributed by atoms with E-state index in [0.29, 0.717) is 43.5 Å². The summed E-state index contributed by atoms with van der Waals surface area (Å²) < 4.78 is 93.4. The fourth-order valence-corrected chi connectivity index (χ4v) is 7.11. The van der Waals surface area contributed by atoms with Crippen molar-refractivity contribution >= 4 is 15.7 Å². The van der Waals surface area contributed by atoms with E-state index in [2.05, 4.69) is 0 Å². The van der Waals surface area contributed by atoms with Crippen molar-refractivity contribution in [2.24, 2.45) is 0 Å². The lowest BCUT2D eigenvalue weighted by molar-refractivity contribution is -0.292. The first kappa shape index (κ1) is 25.2. The zero-order valence-electron chi connectivity index (χ0n) is 19.6. The van der Waals surface area contributed by atoms with Gasteiger partial charge in [-0.25, -0.2) is 8.42 Å². The molecular weight excluding hydrogens is 505 g/mol. The molecule has 5 rings (SSSR count). The van der Waals surface area contributed by atoms with Crippen LogP contribution in [0.25, 0.3) is 0 Å². The standard InChI is InChI=1S/C24H26F5N3O3S/c1-30-14-15-32-19(8-9-20(32)23(25,26)24(27,28)29)22(30)10-12-31(13-11-22)21(33)16-2-4-17(5-3-16)36(34,35)18-6-7-18/h2-5,8-9,18H,6-7,10-15H2,1H3. The Morgan fingerprint density at radius 3 is 2.08 bits per heavy atom. The molecule has 2 aromatic rings. The lowest BCUT2D eigenvalue weighted by Crippen LogP contribution is -2.57. The number of amides is 1. The second kappa shape index (κ2) is 8.27. The van der Waals surface area contributed by atoms with Crippen molar-refractivity contribution in [3.05, 3.63) is 53.3 Å². The first-order valence-electron chi connectivity index (χ1n) is 11.8. The second-order valence-corrected chi connectivity index (χ2v) is 12.1. The molecule has 0 bridgehead atoms. The summed E-state index contributed by atoms with van der Waals surface area (Å²) >= 11 is 0. The van der Waals surface area contributed by atoms with Gasteiger partial charge in [0.1, 0.15) is 0 Å². The van der Waals surface area contributed by atoms with E-state index in [1.165, 1.54) is 30.3 Å². The predicted octanol–water partition coefficient (Wildman–Crippen LogP) is 4.16. The van der Waals surface area contributed by atoms with E-state index in [1.54, 1.807) is 4.90 Å². The Balaban J connectivity index is 1.35. The second-order valence-electron chi connectivity index (χ2n) is 9.84. The number of likely N-dealkylation sites (tertiary alicyclic amines) is 1. The first-order chi connectivity index (χ1) is 16.8. The third-order valence-electron chi connectivity index (χ3n) is 7.80. The lowest BCUT2D eigenvalue weighted by Gasteiger charge is -2.50. The van der Waals surface area contributed by atoms with E-state index in [4.69, 9.17) is 0 Å². The fraction of sp³-hybridized carbons (Fsp3) is 0.542. The molecule has 1 aromatic heterocycles. The molecule has 1 aliphatic carbocycles. The summed E-state index contributed by atoms with van der Waals surface area (Å²) in [6.45, 7) is 0.872. The van der Waals surface area contributed by atoms with Gasteiger partial charge < -0.3 is 9.47 Å². The van der Waals surface area contributed by atoms with Crippen molar-refractivity contribution in [1.29, 1.82) is 0 Å². The maximum atomic E-state index is 14.2. The van der Waals surface area contributed by atoms with Gasteiger partial charge in [-0.15, -0.1) is 0 Å². The fourth-order valence-electron chi connectivity index (χ4n) is 5.45. The van der Waals surface area contributed by atoms with Crippen molar-refractivity contribution in [2.75, 3.05) is 26.7 Å². The van der Waals surface area contributed by atoms with Crippen molar-refractivity contribution < 1.29 is 35.2 Å². The Morgan fingerprint density at radius 1 is 0.917 bits per heavy atom. The quantitative estimate of drug-likeness (QED) is 0.557. The molecule has 2 aliphatic heterocycles. The summed E-state index contributed by atoms with van der Waals surface area (Å²) in [6.07, 6.45) is -3.67. The molecule has 0 atom stereocenters. The number of aromatic nitrogens is 1. The van der Waals surface area contributed by atoms with Crippen LogP contribution in [-0.2, 0) is 27.8 Å². The van der Waals surface area contributed by atoms with E-state index in [9.17, 15) is 35.2 Å². The Morgan fingerprint density at radius 2 is 1.53 bits per heavy atom.